The maximum atomic E-state index is 12.2. The van der Waals surface area contributed by atoms with Crippen molar-refractivity contribution in [2.24, 2.45) is 0 Å². The number of urea groups is 1. The Morgan fingerprint density at radius 3 is 2.70 bits per heavy atom. The number of carbonyl (C=O) groups is 2. The zero-order valence-corrected chi connectivity index (χ0v) is 14.0. The highest BCUT2D eigenvalue weighted by atomic mass is 32.2. The van der Waals surface area contributed by atoms with Gasteiger partial charge in [0.1, 0.15) is 6.04 Å². The van der Waals surface area contributed by atoms with Crippen LogP contribution in [-0.4, -0.2) is 29.8 Å². The van der Waals surface area contributed by atoms with Crippen molar-refractivity contribution in [3.63, 3.8) is 0 Å². The summed E-state index contributed by atoms with van der Waals surface area (Å²) in [6.45, 7) is 0.694. The molecule has 3 amide bonds. The van der Waals surface area contributed by atoms with Gasteiger partial charge >= 0.3 is 6.03 Å². The summed E-state index contributed by atoms with van der Waals surface area (Å²) in [7, 11) is 0. The van der Waals surface area contributed by atoms with Gasteiger partial charge in [0, 0.05) is 16.7 Å². The fourth-order valence-corrected chi connectivity index (χ4v) is 4.42. The average Bonchev–Trinajstić information content (AvgIpc) is 3.05. The minimum atomic E-state index is -0.432. The fourth-order valence-electron chi connectivity index (χ4n) is 3.08. The summed E-state index contributed by atoms with van der Waals surface area (Å²) >= 11 is 1.84. The molecule has 124 valence electrons. The van der Waals surface area contributed by atoms with Crippen LogP contribution < -0.4 is 16.0 Å². The normalized spacial score (nSPS) is 21.7. The first-order valence-electron chi connectivity index (χ1n) is 8.33. The summed E-state index contributed by atoms with van der Waals surface area (Å²) in [6.07, 6.45) is 6.67. The molecule has 2 aliphatic rings. The first-order chi connectivity index (χ1) is 11.2. The van der Waals surface area contributed by atoms with Crippen molar-refractivity contribution in [3.8, 4) is 0 Å². The van der Waals surface area contributed by atoms with Gasteiger partial charge in [-0.2, -0.15) is 0 Å². The van der Waals surface area contributed by atoms with Crippen LogP contribution in [0.25, 0.3) is 0 Å². The lowest BCUT2D eigenvalue weighted by atomic mass is 10.1. The minimum Gasteiger partial charge on any atom is -0.354 e. The maximum absolute atomic E-state index is 12.2. The smallest absolute Gasteiger partial charge is 0.319 e. The zero-order valence-electron chi connectivity index (χ0n) is 13.1. The van der Waals surface area contributed by atoms with E-state index >= 15 is 0 Å². The van der Waals surface area contributed by atoms with Gasteiger partial charge in [-0.15, -0.1) is 11.8 Å². The lowest BCUT2D eigenvalue weighted by Gasteiger charge is -2.23. The van der Waals surface area contributed by atoms with Crippen molar-refractivity contribution in [3.05, 3.63) is 24.3 Å². The number of hydrogen-bond acceptors (Lipinski definition) is 3. The Kier molecular flexibility index (Phi) is 5.43. The number of benzene rings is 1. The SMILES string of the molecule is O=C(Nc1ccccc1SC1CCCC1)N[C@H]1CCCNC1=O. The fraction of sp³-hybridized carbons (Fsp3) is 0.529. The Labute approximate surface area is 141 Å². The van der Waals surface area contributed by atoms with Gasteiger partial charge < -0.3 is 16.0 Å². The summed E-state index contributed by atoms with van der Waals surface area (Å²) in [5.74, 6) is -0.0972. The van der Waals surface area contributed by atoms with E-state index in [4.69, 9.17) is 0 Å². The summed E-state index contributed by atoms with van der Waals surface area (Å²) in [6, 6.07) is 7.13. The number of thioether (sulfide) groups is 1. The molecule has 2 fully saturated rings. The van der Waals surface area contributed by atoms with Crippen LogP contribution in [0.1, 0.15) is 38.5 Å². The van der Waals surface area contributed by atoms with E-state index in [-0.39, 0.29) is 11.9 Å². The molecule has 0 unspecified atom stereocenters. The minimum absolute atomic E-state index is 0.0972. The van der Waals surface area contributed by atoms with E-state index in [2.05, 4.69) is 16.0 Å². The zero-order chi connectivity index (χ0) is 16.1. The molecule has 1 atom stereocenters. The molecule has 3 N–H and O–H groups in total. The van der Waals surface area contributed by atoms with Gasteiger partial charge in [0.25, 0.3) is 0 Å². The maximum Gasteiger partial charge on any atom is 0.319 e. The van der Waals surface area contributed by atoms with Gasteiger partial charge in [-0.25, -0.2) is 4.79 Å². The van der Waals surface area contributed by atoms with Crippen LogP contribution in [0.3, 0.4) is 0 Å². The molecule has 1 heterocycles. The number of rotatable bonds is 4. The largest absolute Gasteiger partial charge is 0.354 e. The lowest BCUT2D eigenvalue weighted by molar-refractivity contribution is -0.124. The van der Waals surface area contributed by atoms with Crippen LogP contribution in [0.15, 0.2) is 29.2 Å². The molecular weight excluding hydrogens is 310 g/mol. The molecule has 0 radical (unpaired) electrons. The van der Waals surface area contributed by atoms with E-state index in [1.54, 1.807) is 0 Å². The number of nitrogens with one attached hydrogen (secondary N) is 3. The standard InChI is InChI=1S/C17H23N3O2S/c21-16-14(9-5-11-18-16)20-17(22)19-13-8-3-4-10-15(13)23-12-6-1-2-7-12/h3-4,8,10,12,14H,1-2,5-7,9,11H2,(H,18,21)(H2,19,20,22)/t14-/m0/s1. The third-order valence-corrected chi connectivity index (χ3v) is 5.74. The summed E-state index contributed by atoms with van der Waals surface area (Å²) in [4.78, 5) is 25.0. The van der Waals surface area contributed by atoms with Crippen LogP contribution in [0.5, 0.6) is 0 Å². The molecule has 6 heteroatoms. The quantitative estimate of drug-likeness (QED) is 0.793. The van der Waals surface area contributed by atoms with Crippen molar-refractivity contribution < 1.29 is 9.59 Å². The number of para-hydroxylation sites is 1. The molecule has 5 nitrogen and oxygen atoms in total. The molecule has 1 saturated carbocycles. The van der Waals surface area contributed by atoms with Gasteiger partial charge in [-0.3, -0.25) is 4.79 Å². The van der Waals surface area contributed by atoms with Gasteiger partial charge in [-0.05, 0) is 37.8 Å². The number of amides is 3. The first-order valence-corrected chi connectivity index (χ1v) is 9.21. The molecule has 1 aliphatic heterocycles. The van der Waals surface area contributed by atoms with Crippen molar-refractivity contribution in [1.82, 2.24) is 10.6 Å². The first kappa shape index (κ1) is 16.2. The molecular formula is C17H23N3O2S. The Balaban J connectivity index is 1.60. The number of hydrogen-bond donors (Lipinski definition) is 3. The number of carbonyl (C=O) groups excluding carboxylic acids is 2. The molecule has 1 aromatic carbocycles. The van der Waals surface area contributed by atoms with E-state index in [0.717, 1.165) is 17.0 Å². The second-order valence-electron chi connectivity index (χ2n) is 6.10. The van der Waals surface area contributed by atoms with Crippen LogP contribution in [0.4, 0.5) is 10.5 Å². The Hall–Kier alpha value is -1.69. The highest BCUT2D eigenvalue weighted by molar-refractivity contribution is 8.00. The Bertz CT molecular complexity index is 573. The summed E-state index contributed by atoms with van der Waals surface area (Å²) in [5.41, 5.74) is 0.818. The molecule has 0 aromatic heterocycles. The monoisotopic (exact) mass is 333 g/mol. The van der Waals surface area contributed by atoms with Crippen molar-refractivity contribution in [1.29, 1.82) is 0 Å². The molecule has 1 aliphatic carbocycles. The van der Waals surface area contributed by atoms with E-state index < -0.39 is 6.04 Å². The Morgan fingerprint density at radius 1 is 1.13 bits per heavy atom. The van der Waals surface area contributed by atoms with E-state index in [9.17, 15) is 9.59 Å². The number of piperidine rings is 1. The highest BCUT2D eigenvalue weighted by Crippen LogP contribution is 2.37. The third-order valence-electron chi connectivity index (χ3n) is 4.32. The van der Waals surface area contributed by atoms with Gasteiger partial charge in [0.05, 0.1) is 5.69 Å². The molecule has 1 saturated heterocycles. The van der Waals surface area contributed by atoms with Crippen molar-refractivity contribution >= 4 is 29.4 Å². The van der Waals surface area contributed by atoms with Crippen molar-refractivity contribution in [2.45, 2.75) is 54.7 Å². The summed E-state index contributed by atoms with van der Waals surface area (Å²) in [5, 5.41) is 9.09. The molecule has 0 bridgehead atoms. The topological polar surface area (TPSA) is 70.2 Å². The predicted molar refractivity (Wildman–Crippen MR) is 92.7 cm³/mol. The lowest BCUT2D eigenvalue weighted by Crippen LogP contribution is -2.51. The molecule has 3 rings (SSSR count). The van der Waals surface area contributed by atoms with E-state index in [1.165, 1.54) is 25.7 Å². The predicted octanol–water partition coefficient (Wildman–Crippen LogP) is 3.12. The number of anilines is 1. The molecule has 0 spiro atoms. The van der Waals surface area contributed by atoms with Crippen LogP contribution >= 0.6 is 11.8 Å². The van der Waals surface area contributed by atoms with Gasteiger partial charge in [0.2, 0.25) is 5.91 Å². The van der Waals surface area contributed by atoms with Crippen LogP contribution in [0, 0.1) is 0 Å². The van der Waals surface area contributed by atoms with E-state index in [0.29, 0.717) is 18.2 Å². The van der Waals surface area contributed by atoms with E-state index in [1.807, 2.05) is 36.0 Å². The third kappa shape index (κ3) is 4.41. The van der Waals surface area contributed by atoms with Crippen LogP contribution in [-0.2, 0) is 4.79 Å². The molecule has 1 aromatic rings. The average molecular weight is 333 g/mol. The van der Waals surface area contributed by atoms with Crippen molar-refractivity contribution in [2.75, 3.05) is 11.9 Å². The second-order valence-corrected chi connectivity index (χ2v) is 7.45. The van der Waals surface area contributed by atoms with Crippen LogP contribution in [0.2, 0.25) is 0 Å². The van der Waals surface area contributed by atoms with Gasteiger partial charge in [-0.1, -0.05) is 25.0 Å². The highest BCUT2D eigenvalue weighted by Gasteiger charge is 2.24. The summed E-state index contributed by atoms with van der Waals surface area (Å²) < 4.78 is 0. The Morgan fingerprint density at radius 2 is 1.91 bits per heavy atom. The molecule has 23 heavy (non-hydrogen) atoms. The second kappa shape index (κ2) is 7.73. The van der Waals surface area contributed by atoms with Gasteiger partial charge in [0.15, 0.2) is 0 Å².